The van der Waals surface area contributed by atoms with E-state index in [1.165, 1.54) is 0 Å². The lowest BCUT2D eigenvalue weighted by molar-refractivity contribution is -0.118. The fourth-order valence-corrected chi connectivity index (χ4v) is 2.32. The number of sulfone groups is 1. The van der Waals surface area contributed by atoms with E-state index in [9.17, 15) is 17.6 Å². The third-order valence-electron chi connectivity index (χ3n) is 2.02. The van der Waals surface area contributed by atoms with Gasteiger partial charge in [0, 0.05) is 0 Å². The summed E-state index contributed by atoms with van der Waals surface area (Å²) in [4.78, 5) is 10.9. The summed E-state index contributed by atoms with van der Waals surface area (Å²) in [5.41, 5.74) is 5.04. The molecule has 3 N–H and O–H groups in total. The van der Waals surface area contributed by atoms with Gasteiger partial charge in [-0.15, -0.1) is 0 Å². The monoisotopic (exact) mass is 271 g/mol. The zero-order valence-electron chi connectivity index (χ0n) is 9.18. The molecule has 1 aromatic rings. The van der Waals surface area contributed by atoms with Crippen molar-refractivity contribution in [2.45, 2.75) is 4.90 Å². The molecule has 0 saturated heterocycles. The topological polar surface area (TPSA) is 113 Å². The second-order valence-corrected chi connectivity index (χ2v) is 5.37. The third-order valence-corrected chi connectivity index (χ3v) is 3.63. The van der Waals surface area contributed by atoms with Gasteiger partial charge in [-0.25, -0.2) is 12.8 Å². The number of nitrogen functional groups attached to an aromatic ring is 1. The smallest absolute Gasteiger partial charge is 0.236 e. The number of nitrogens with two attached hydrogens (primary N) is 1. The molecule has 1 rings (SSSR count). The SMILES string of the molecule is N#CCNC(=O)CS(=O)(=O)c1ccc(N)c(F)c1. The number of halogens is 1. The number of rotatable bonds is 4. The van der Waals surface area contributed by atoms with Gasteiger partial charge in [0.15, 0.2) is 9.84 Å². The van der Waals surface area contributed by atoms with Crippen LogP contribution in [0.4, 0.5) is 10.1 Å². The number of nitrogens with one attached hydrogen (secondary N) is 1. The number of anilines is 1. The fourth-order valence-electron chi connectivity index (χ4n) is 1.15. The first kappa shape index (κ1) is 13.9. The molecule has 0 atom stereocenters. The molecule has 0 saturated carbocycles. The highest BCUT2D eigenvalue weighted by atomic mass is 32.2. The van der Waals surface area contributed by atoms with E-state index in [2.05, 4.69) is 5.32 Å². The van der Waals surface area contributed by atoms with Crippen LogP contribution in [0.15, 0.2) is 23.1 Å². The van der Waals surface area contributed by atoms with Crippen molar-refractivity contribution in [3.05, 3.63) is 24.0 Å². The summed E-state index contributed by atoms with van der Waals surface area (Å²) < 4.78 is 36.6. The Hall–Kier alpha value is -2.14. The number of carbonyl (C=O) groups excluding carboxylic acids is 1. The van der Waals surface area contributed by atoms with E-state index in [-0.39, 0.29) is 17.1 Å². The van der Waals surface area contributed by atoms with E-state index in [1.54, 1.807) is 6.07 Å². The van der Waals surface area contributed by atoms with Crippen LogP contribution in [-0.4, -0.2) is 26.6 Å². The number of amides is 1. The van der Waals surface area contributed by atoms with Gasteiger partial charge in [-0.3, -0.25) is 4.79 Å². The molecule has 0 unspecified atom stereocenters. The van der Waals surface area contributed by atoms with Crippen LogP contribution in [0, 0.1) is 17.1 Å². The van der Waals surface area contributed by atoms with Gasteiger partial charge in [0.05, 0.1) is 16.7 Å². The van der Waals surface area contributed by atoms with Crippen LogP contribution in [0.5, 0.6) is 0 Å². The van der Waals surface area contributed by atoms with E-state index < -0.39 is 27.3 Å². The Kier molecular flexibility index (Phi) is 4.23. The maximum absolute atomic E-state index is 13.1. The summed E-state index contributed by atoms with van der Waals surface area (Å²) in [6.07, 6.45) is 0. The molecule has 96 valence electrons. The predicted octanol–water partition coefficient (Wildman–Crippen LogP) is -0.179. The van der Waals surface area contributed by atoms with Crippen LogP contribution in [0.2, 0.25) is 0 Å². The van der Waals surface area contributed by atoms with Gasteiger partial charge in [0.1, 0.15) is 18.1 Å². The van der Waals surface area contributed by atoms with Crippen molar-refractivity contribution >= 4 is 21.4 Å². The molecule has 0 aliphatic carbocycles. The summed E-state index contributed by atoms with van der Waals surface area (Å²) in [7, 11) is -3.95. The first-order valence-electron chi connectivity index (χ1n) is 4.78. The highest BCUT2D eigenvalue weighted by Crippen LogP contribution is 2.17. The van der Waals surface area contributed by atoms with Gasteiger partial charge in [-0.2, -0.15) is 5.26 Å². The van der Waals surface area contributed by atoms with Crippen LogP contribution in [0.25, 0.3) is 0 Å². The Labute approximate surface area is 103 Å². The number of hydrogen-bond acceptors (Lipinski definition) is 5. The molecule has 8 heteroatoms. The quantitative estimate of drug-likeness (QED) is 0.582. The molecular weight excluding hydrogens is 261 g/mol. The minimum Gasteiger partial charge on any atom is -0.396 e. The second kappa shape index (κ2) is 5.46. The normalized spacial score (nSPS) is 10.7. The Bertz CT molecular complexity index is 607. The Balaban J connectivity index is 2.90. The van der Waals surface area contributed by atoms with Crippen LogP contribution >= 0.6 is 0 Å². The van der Waals surface area contributed by atoms with Gasteiger partial charge < -0.3 is 11.1 Å². The highest BCUT2D eigenvalue weighted by Gasteiger charge is 2.20. The van der Waals surface area contributed by atoms with Crippen LogP contribution in [0.1, 0.15) is 0 Å². The van der Waals surface area contributed by atoms with Gasteiger partial charge in [0.2, 0.25) is 5.91 Å². The molecule has 0 bridgehead atoms. The number of nitriles is 1. The second-order valence-electron chi connectivity index (χ2n) is 3.38. The predicted molar refractivity (Wildman–Crippen MR) is 61.5 cm³/mol. The summed E-state index contributed by atoms with van der Waals surface area (Å²) >= 11 is 0. The lowest BCUT2D eigenvalue weighted by Gasteiger charge is -2.05. The molecular formula is C10H10FN3O3S. The molecule has 0 fully saturated rings. The van der Waals surface area contributed by atoms with E-state index in [1.807, 2.05) is 0 Å². The molecule has 0 spiro atoms. The first-order chi connectivity index (χ1) is 8.36. The number of nitrogens with zero attached hydrogens (tertiary/aromatic N) is 1. The lowest BCUT2D eigenvalue weighted by atomic mass is 10.3. The lowest BCUT2D eigenvalue weighted by Crippen LogP contribution is -2.30. The summed E-state index contributed by atoms with van der Waals surface area (Å²) in [5, 5.41) is 10.3. The molecule has 1 amide bonds. The Morgan fingerprint density at radius 1 is 1.50 bits per heavy atom. The number of carbonyl (C=O) groups is 1. The van der Waals surface area contributed by atoms with E-state index in [0.29, 0.717) is 0 Å². The Morgan fingerprint density at radius 2 is 2.17 bits per heavy atom. The highest BCUT2D eigenvalue weighted by molar-refractivity contribution is 7.92. The zero-order valence-corrected chi connectivity index (χ0v) is 10.00. The minimum atomic E-state index is -3.95. The van der Waals surface area contributed by atoms with E-state index in [0.717, 1.165) is 18.2 Å². The van der Waals surface area contributed by atoms with E-state index >= 15 is 0 Å². The molecule has 6 nitrogen and oxygen atoms in total. The van der Waals surface area contributed by atoms with E-state index in [4.69, 9.17) is 11.0 Å². The van der Waals surface area contributed by atoms with Gasteiger partial charge in [-0.1, -0.05) is 0 Å². The standard InChI is InChI=1S/C10H10FN3O3S/c11-8-5-7(1-2-9(8)13)18(16,17)6-10(15)14-4-3-12/h1-2,5H,4,6,13H2,(H,14,15). The molecule has 0 aromatic heterocycles. The van der Waals surface area contributed by atoms with Crippen LogP contribution < -0.4 is 11.1 Å². The van der Waals surface area contributed by atoms with Crippen molar-refractivity contribution in [1.82, 2.24) is 5.32 Å². The molecule has 0 aliphatic heterocycles. The van der Waals surface area contributed by atoms with Crippen LogP contribution in [-0.2, 0) is 14.6 Å². The summed E-state index contributed by atoms with van der Waals surface area (Å²) in [6.45, 7) is -0.287. The number of benzene rings is 1. The van der Waals surface area contributed by atoms with Crippen molar-refractivity contribution in [2.24, 2.45) is 0 Å². The van der Waals surface area contributed by atoms with Gasteiger partial charge >= 0.3 is 0 Å². The molecule has 1 aromatic carbocycles. The molecule has 0 radical (unpaired) electrons. The largest absolute Gasteiger partial charge is 0.396 e. The van der Waals surface area contributed by atoms with Gasteiger partial charge in [0.25, 0.3) is 0 Å². The maximum Gasteiger partial charge on any atom is 0.236 e. The van der Waals surface area contributed by atoms with Crippen molar-refractivity contribution in [1.29, 1.82) is 5.26 Å². The fraction of sp³-hybridized carbons (Fsp3) is 0.200. The van der Waals surface area contributed by atoms with Crippen molar-refractivity contribution < 1.29 is 17.6 Å². The van der Waals surface area contributed by atoms with Gasteiger partial charge in [-0.05, 0) is 18.2 Å². The third kappa shape index (κ3) is 3.43. The van der Waals surface area contributed by atoms with Crippen LogP contribution in [0.3, 0.4) is 0 Å². The summed E-state index contributed by atoms with van der Waals surface area (Å²) in [6, 6.07) is 4.61. The van der Waals surface area contributed by atoms with Crippen molar-refractivity contribution in [2.75, 3.05) is 18.0 Å². The first-order valence-corrected chi connectivity index (χ1v) is 6.43. The molecule has 0 aliphatic rings. The van der Waals surface area contributed by atoms with Crippen molar-refractivity contribution in [3.63, 3.8) is 0 Å². The number of hydrogen-bond donors (Lipinski definition) is 2. The zero-order chi connectivity index (χ0) is 13.8. The average molecular weight is 271 g/mol. The summed E-state index contributed by atoms with van der Waals surface area (Å²) in [5.74, 6) is -2.54. The molecule has 18 heavy (non-hydrogen) atoms. The molecule has 0 heterocycles. The van der Waals surface area contributed by atoms with Crippen molar-refractivity contribution in [3.8, 4) is 6.07 Å². The average Bonchev–Trinajstić information content (AvgIpc) is 2.29. The minimum absolute atomic E-state index is 0.178. The Morgan fingerprint density at radius 3 is 2.72 bits per heavy atom. The maximum atomic E-state index is 13.1.